The summed E-state index contributed by atoms with van der Waals surface area (Å²) < 4.78 is 0. The van der Waals surface area contributed by atoms with Gasteiger partial charge in [0.2, 0.25) is 5.56 Å². The SMILES string of the molecule is CCC(C)(C)NC(=O)c1ccc(NC(=O)c2cc(=O)[nH]c3ccccc23)cc1. The number of benzene rings is 2. The molecule has 0 spiro atoms. The Balaban J connectivity index is 1.79. The Labute approximate surface area is 163 Å². The Morgan fingerprint density at radius 1 is 1.00 bits per heavy atom. The van der Waals surface area contributed by atoms with Crippen LogP contribution in [0.25, 0.3) is 10.9 Å². The first-order valence-corrected chi connectivity index (χ1v) is 9.15. The smallest absolute Gasteiger partial charge is 0.256 e. The Bertz CT molecular complexity index is 1080. The molecule has 0 aliphatic carbocycles. The number of anilines is 1. The molecule has 28 heavy (non-hydrogen) atoms. The van der Waals surface area contributed by atoms with Crippen molar-refractivity contribution in [3.8, 4) is 0 Å². The molecule has 0 atom stereocenters. The van der Waals surface area contributed by atoms with E-state index in [4.69, 9.17) is 0 Å². The molecule has 0 bridgehead atoms. The molecule has 2 amide bonds. The van der Waals surface area contributed by atoms with Crippen LogP contribution in [-0.4, -0.2) is 22.3 Å². The van der Waals surface area contributed by atoms with Crippen molar-refractivity contribution in [1.82, 2.24) is 10.3 Å². The third-order valence-electron chi connectivity index (χ3n) is 4.74. The van der Waals surface area contributed by atoms with E-state index in [0.29, 0.717) is 27.7 Å². The van der Waals surface area contributed by atoms with E-state index in [1.807, 2.05) is 26.8 Å². The molecule has 3 rings (SSSR count). The molecule has 0 aliphatic heterocycles. The van der Waals surface area contributed by atoms with Crippen molar-refractivity contribution in [3.63, 3.8) is 0 Å². The van der Waals surface area contributed by atoms with Crippen LogP contribution in [0, 0.1) is 0 Å². The topological polar surface area (TPSA) is 91.1 Å². The van der Waals surface area contributed by atoms with Crippen molar-refractivity contribution in [2.45, 2.75) is 32.7 Å². The van der Waals surface area contributed by atoms with Crippen molar-refractivity contribution in [2.75, 3.05) is 5.32 Å². The largest absolute Gasteiger partial charge is 0.347 e. The van der Waals surface area contributed by atoms with Crippen LogP contribution in [0.15, 0.2) is 59.4 Å². The Kier molecular flexibility index (Phi) is 5.31. The summed E-state index contributed by atoms with van der Waals surface area (Å²) in [6.45, 7) is 5.94. The van der Waals surface area contributed by atoms with Crippen molar-refractivity contribution >= 4 is 28.4 Å². The van der Waals surface area contributed by atoms with Gasteiger partial charge in [-0.2, -0.15) is 0 Å². The average Bonchev–Trinajstić information content (AvgIpc) is 2.67. The summed E-state index contributed by atoms with van der Waals surface area (Å²) in [4.78, 5) is 39.6. The molecule has 0 fully saturated rings. The zero-order valence-electron chi connectivity index (χ0n) is 16.1. The van der Waals surface area contributed by atoms with E-state index in [9.17, 15) is 14.4 Å². The lowest BCUT2D eigenvalue weighted by Gasteiger charge is -2.24. The summed E-state index contributed by atoms with van der Waals surface area (Å²) in [5, 5.41) is 6.41. The van der Waals surface area contributed by atoms with Crippen LogP contribution in [0.3, 0.4) is 0 Å². The van der Waals surface area contributed by atoms with Gasteiger partial charge >= 0.3 is 0 Å². The molecular weight excluding hydrogens is 354 g/mol. The minimum Gasteiger partial charge on any atom is -0.347 e. The van der Waals surface area contributed by atoms with E-state index in [2.05, 4.69) is 15.6 Å². The number of nitrogens with one attached hydrogen (secondary N) is 3. The third-order valence-corrected chi connectivity index (χ3v) is 4.74. The van der Waals surface area contributed by atoms with Crippen LogP contribution >= 0.6 is 0 Å². The maximum Gasteiger partial charge on any atom is 0.256 e. The van der Waals surface area contributed by atoms with Crippen molar-refractivity contribution in [1.29, 1.82) is 0 Å². The first kappa shape index (κ1) is 19.4. The molecular formula is C22H23N3O3. The number of carbonyl (C=O) groups excluding carboxylic acids is 2. The van der Waals surface area contributed by atoms with Crippen LogP contribution in [0.1, 0.15) is 47.9 Å². The lowest BCUT2D eigenvalue weighted by molar-refractivity contribution is 0.0911. The first-order chi connectivity index (χ1) is 13.3. The van der Waals surface area contributed by atoms with Gasteiger partial charge in [-0.25, -0.2) is 0 Å². The molecule has 144 valence electrons. The summed E-state index contributed by atoms with van der Waals surface area (Å²) >= 11 is 0. The number of carbonyl (C=O) groups is 2. The number of hydrogen-bond donors (Lipinski definition) is 3. The highest BCUT2D eigenvalue weighted by Crippen LogP contribution is 2.17. The van der Waals surface area contributed by atoms with Crippen molar-refractivity contribution in [2.24, 2.45) is 0 Å². The van der Waals surface area contributed by atoms with Gasteiger partial charge in [0.05, 0.1) is 5.56 Å². The van der Waals surface area contributed by atoms with Gasteiger partial charge in [-0.3, -0.25) is 14.4 Å². The number of aromatic amines is 1. The minimum absolute atomic E-state index is 0.162. The Morgan fingerprint density at radius 3 is 2.36 bits per heavy atom. The molecule has 3 N–H and O–H groups in total. The molecule has 3 aromatic rings. The summed E-state index contributed by atoms with van der Waals surface area (Å²) in [6, 6.07) is 15.1. The number of H-pyrrole nitrogens is 1. The van der Waals surface area contributed by atoms with Crippen LogP contribution in [0.2, 0.25) is 0 Å². The number of hydrogen-bond acceptors (Lipinski definition) is 3. The monoisotopic (exact) mass is 377 g/mol. The quantitative estimate of drug-likeness (QED) is 0.633. The molecule has 0 unspecified atom stereocenters. The second kappa shape index (κ2) is 7.68. The van der Waals surface area contributed by atoms with E-state index in [-0.39, 0.29) is 22.9 Å². The molecule has 0 aliphatic rings. The van der Waals surface area contributed by atoms with E-state index in [1.54, 1.807) is 42.5 Å². The molecule has 1 heterocycles. The van der Waals surface area contributed by atoms with E-state index in [1.165, 1.54) is 6.07 Å². The molecule has 0 saturated heterocycles. The van der Waals surface area contributed by atoms with E-state index >= 15 is 0 Å². The van der Waals surface area contributed by atoms with Gasteiger partial charge in [-0.05, 0) is 50.6 Å². The second-order valence-electron chi connectivity index (χ2n) is 7.32. The number of fused-ring (bicyclic) bond motifs is 1. The van der Waals surface area contributed by atoms with Crippen molar-refractivity contribution < 1.29 is 9.59 Å². The standard InChI is InChI=1S/C22H23N3O3/c1-4-22(2,3)25-20(27)14-9-11-15(12-10-14)23-21(28)17-13-19(26)24-18-8-6-5-7-16(17)18/h5-13H,4H2,1-3H3,(H,23,28)(H,24,26)(H,25,27). The van der Waals surface area contributed by atoms with Gasteiger partial charge in [-0.1, -0.05) is 25.1 Å². The van der Waals surface area contributed by atoms with Gasteiger partial charge in [0.25, 0.3) is 11.8 Å². The van der Waals surface area contributed by atoms with Crippen molar-refractivity contribution in [3.05, 3.63) is 76.1 Å². The third kappa shape index (κ3) is 4.28. The van der Waals surface area contributed by atoms with Gasteiger partial charge in [0, 0.05) is 33.8 Å². The fourth-order valence-corrected chi connectivity index (χ4v) is 2.76. The summed E-state index contributed by atoms with van der Waals surface area (Å²) in [7, 11) is 0. The average molecular weight is 377 g/mol. The lowest BCUT2D eigenvalue weighted by atomic mass is 10.0. The predicted molar refractivity (Wildman–Crippen MR) is 111 cm³/mol. The fourth-order valence-electron chi connectivity index (χ4n) is 2.76. The number of aromatic nitrogens is 1. The van der Waals surface area contributed by atoms with Gasteiger partial charge in [0.15, 0.2) is 0 Å². The molecule has 0 saturated carbocycles. The highest BCUT2D eigenvalue weighted by atomic mass is 16.2. The van der Waals surface area contributed by atoms with Crippen LogP contribution < -0.4 is 16.2 Å². The van der Waals surface area contributed by atoms with Crippen LogP contribution in [0.4, 0.5) is 5.69 Å². The fraction of sp³-hybridized carbons (Fsp3) is 0.227. The number of para-hydroxylation sites is 1. The first-order valence-electron chi connectivity index (χ1n) is 9.15. The predicted octanol–water partition coefficient (Wildman–Crippen LogP) is 3.70. The zero-order chi connectivity index (χ0) is 20.3. The molecule has 6 nitrogen and oxygen atoms in total. The molecule has 6 heteroatoms. The maximum absolute atomic E-state index is 12.7. The van der Waals surface area contributed by atoms with Gasteiger partial charge in [-0.15, -0.1) is 0 Å². The highest BCUT2D eigenvalue weighted by Gasteiger charge is 2.19. The van der Waals surface area contributed by atoms with Gasteiger partial charge < -0.3 is 15.6 Å². The lowest BCUT2D eigenvalue weighted by Crippen LogP contribution is -2.42. The van der Waals surface area contributed by atoms with Gasteiger partial charge in [0.1, 0.15) is 0 Å². The second-order valence-corrected chi connectivity index (χ2v) is 7.32. The minimum atomic E-state index is -0.383. The molecule has 2 aromatic carbocycles. The number of rotatable bonds is 5. The Morgan fingerprint density at radius 2 is 1.68 bits per heavy atom. The summed E-state index contributed by atoms with van der Waals surface area (Å²) in [5.74, 6) is -0.545. The summed E-state index contributed by atoms with van der Waals surface area (Å²) in [5.41, 5.74) is 1.33. The number of pyridine rings is 1. The highest BCUT2D eigenvalue weighted by molar-refractivity contribution is 6.12. The normalized spacial score (nSPS) is 11.2. The molecule has 0 radical (unpaired) electrons. The maximum atomic E-state index is 12.7. The molecule has 1 aromatic heterocycles. The van der Waals surface area contributed by atoms with Crippen LogP contribution in [-0.2, 0) is 0 Å². The summed E-state index contributed by atoms with van der Waals surface area (Å²) in [6.07, 6.45) is 0.817. The zero-order valence-corrected chi connectivity index (χ0v) is 16.1. The Hall–Kier alpha value is -3.41. The number of amides is 2. The van der Waals surface area contributed by atoms with Crippen LogP contribution in [0.5, 0.6) is 0 Å². The van der Waals surface area contributed by atoms with E-state index < -0.39 is 0 Å². The van der Waals surface area contributed by atoms with E-state index in [0.717, 1.165) is 6.42 Å².